The van der Waals surface area contributed by atoms with E-state index >= 15 is 0 Å². The predicted molar refractivity (Wildman–Crippen MR) is 67.1 cm³/mol. The standard InChI is InChI=1S/C12H24O3Si/c1-5-16(6-2,7-3)12-11(8-9-14-12)15-10(4)13/h11-12H,5-9H2,1-4H3/t11-,12-/m0/s1. The van der Waals surface area contributed by atoms with E-state index in [0.717, 1.165) is 13.0 Å². The molecule has 0 aromatic rings. The van der Waals surface area contributed by atoms with Gasteiger partial charge in [0.15, 0.2) is 0 Å². The average Bonchev–Trinajstić information content (AvgIpc) is 2.70. The first-order valence-corrected chi connectivity index (χ1v) is 9.08. The summed E-state index contributed by atoms with van der Waals surface area (Å²) < 4.78 is 11.3. The van der Waals surface area contributed by atoms with Gasteiger partial charge in [0, 0.05) is 13.3 Å². The molecule has 1 saturated heterocycles. The highest BCUT2D eigenvalue weighted by molar-refractivity contribution is 6.81. The Morgan fingerprint density at radius 1 is 1.31 bits per heavy atom. The molecule has 3 nitrogen and oxygen atoms in total. The molecule has 16 heavy (non-hydrogen) atoms. The van der Waals surface area contributed by atoms with Gasteiger partial charge in [-0.05, 0) is 0 Å². The molecule has 0 aromatic heterocycles. The third kappa shape index (κ3) is 2.66. The first kappa shape index (κ1) is 13.7. The topological polar surface area (TPSA) is 35.5 Å². The molecule has 0 amide bonds. The maximum Gasteiger partial charge on any atom is 0.302 e. The minimum atomic E-state index is -1.41. The van der Waals surface area contributed by atoms with Gasteiger partial charge in [0.1, 0.15) is 6.10 Å². The van der Waals surface area contributed by atoms with Crippen molar-refractivity contribution < 1.29 is 14.3 Å². The molecule has 4 heteroatoms. The minimum absolute atomic E-state index is 0.0176. The zero-order valence-corrected chi connectivity index (χ0v) is 11.9. The van der Waals surface area contributed by atoms with E-state index in [0.29, 0.717) is 0 Å². The maximum absolute atomic E-state index is 11.1. The molecule has 2 atom stereocenters. The van der Waals surface area contributed by atoms with Crippen molar-refractivity contribution in [1.29, 1.82) is 0 Å². The van der Waals surface area contributed by atoms with Crippen LogP contribution in [0.25, 0.3) is 0 Å². The van der Waals surface area contributed by atoms with Crippen molar-refractivity contribution in [3.8, 4) is 0 Å². The van der Waals surface area contributed by atoms with Gasteiger partial charge in [0.05, 0.1) is 20.4 Å². The summed E-state index contributed by atoms with van der Waals surface area (Å²) in [6, 6.07) is 3.63. The Labute approximate surface area is 99.5 Å². The van der Waals surface area contributed by atoms with E-state index in [9.17, 15) is 4.79 Å². The van der Waals surface area contributed by atoms with Gasteiger partial charge in [-0.1, -0.05) is 38.9 Å². The molecular weight excluding hydrogens is 220 g/mol. The zero-order chi connectivity index (χ0) is 12.2. The lowest BCUT2D eigenvalue weighted by Gasteiger charge is -2.36. The Bertz CT molecular complexity index is 230. The van der Waals surface area contributed by atoms with Crippen LogP contribution in [0.15, 0.2) is 0 Å². The van der Waals surface area contributed by atoms with Crippen molar-refractivity contribution >= 4 is 14.0 Å². The van der Waals surface area contributed by atoms with Crippen molar-refractivity contribution in [2.75, 3.05) is 6.61 Å². The van der Waals surface area contributed by atoms with E-state index in [-0.39, 0.29) is 17.8 Å². The van der Waals surface area contributed by atoms with E-state index in [1.54, 1.807) is 0 Å². The molecule has 0 spiro atoms. The predicted octanol–water partition coefficient (Wildman–Crippen LogP) is 2.75. The van der Waals surface area contributed by atoms with Crippen LogP contribution in [-0.2, 0) is 14.3 Å². The lowest BCUT2D eigenvalue weighted by Crippen LogP contribution is -2.51. The fraction of sp³-hybridized carbons (Fsp3) is 0.917. The van der Waals surface area contributed by atoms with Crippen molar-refractivity contribution in [2.45, 2.75) is 64.1 Å². The lowest BCUT2D eigenvalue weighted by atomic mass is 10.3. The molecule has 0 unspecified atom stereocenters. The van der Waals surface area contributed by atoms with Crippen LogP contribution in [0.3, 0.4) is 0 Å². The number of ether oxygens (including phenoxy) is 2. The molecule has 94 valence electrons. The molecule has 0 saturated carbocycles. The van der Waals surface area contributed by atoms with Gasteiger partial charge in [0.25, 0.3) is 0 Å². The fourth-order valence-corrected chi connectivity index (χ4v) is 7.03. The van der Waals surface area contributed by atoms with E-state index in [1.807, 2.05) is 0 Å². The summed E-state index contributed by atoms with van der Waals surface area (Å²) in [5.41, 5.74) is 0.219. The summed E-state index contributed by atoms with van der Waals surface area (Å²) in [5, 5.41) is 0. The molecule has 1 aliphatic heterocycles. The second-order valence-electron chi connectivity index (χ2n) is 4.65. The highest BCUT2D eigenvalue weighted by atomic mass is 28.3. The first-order chi connectivity index (χ1) is 7.59. The molecular formula is C12H24O3Si. The van der Waals surface area contributed by atoms with Crippen molar-refractivity contribution in [2.24, 2.45) is 0 Å². The second-order valence-corrected chi connectivity index (χ2v) is 10.1. The van der Waals surface area contributed by atoms with Crippen LogP contribution < -0.4 is 0 Å². The molecule has 0 N–H and O–H groups in total. The van der Waals surface area contributed by atoms with Gasteiger partial charge in [-0.15, -0.1) is 0 Å². The number of carbonyl (C=O) groups excluding carboxylic acids is 1. The highest BCUT2D eigenvalue weighted by Gasteiger charge is 2.46. The fourth-order valence-electron chi connectivity index (χ4n) is 2.83. The lowest BCUT2D eigenvalue weighted by molar-refractivity contribution is -0.147. The number of hydrogen-bond acceptors (Lipinski definition) is 3. The van der Waals surface area contributed by atoms with Crippen molar-refractivity contribution in [1.82, 2.24) is 0 Å². The van der Waals surface area contributed by atoms with Gasteiger partial charge in [-0.3, -0.25) is 4.79 Å². The van der Waals surface area contributed by atoms with Crippen LogP contribution >= 0.6 is 0 Å². The van der Waals surface area contributed by atoms with E-state index < -0.39 is 8.07 Å². The van der Waals surface area contributed by atoms with E-state index in [2.05, 4.69) is 20.8 Å². The SMILES string of the molecule is CC[Si](CC)(CC)[C@@H]1OCC[C@@H]1OC(C)=O. The van der Waals surface area contributed by atoms with Crippen molar-refractivity contribution in [3.05, 3.63) is 0 Å². The Balaban J connectivity index is 2.78. The first-order valence-electron chi connectivity index (χ1n) is 6.38. The summed E-state index contributed by atoms with van der Waals surface area (Å²) >= 11 is 0. The van der Waals surface area contributed by atoms with Gasteiger partial charge >= 0.3 is 5.97 Å². The van der Waals surface area contributed by atoms with Crippen LogP contribution in [0.2, 0.25) is 18.1 Å². The summed E-state index contributed by atoms with van der Waals surface area (Å²) in [5.74, 6) is -0.174. The third-order valence-electron chi connectivity index (χ3n) is 4.07. The summed E-state index contributed by atoms with van der Waals surface area (Å²) in [6.07, 6.45) is 0.892. The number of rotatable bonds is 5. The number of esters is 1. The Morgan fingerprint density at radius 2 is 1.88 bits per heavy atom. The van der Waals surface area contributed by atoms with Crippen LogP contribution in [0.1, 0.15) is 34.1 Å². The zero-order valence-electron chi connectivity index (χ0n) is 10.9. The molecule has 1 rings (SSSR count). The largest absolute Gasteiger partial charge is 0.460 e. The molecule has 0 aliphatic carbocycles. The number of hydrogen-bond donors (Lipinski definition) is 0. The molecule has 1 fully saturated rings. The van der Waals surface area contributed by atoms with Gasteiger partial charge in [-0.25, -0.2) is 0 Å². The normalized spacial score (nSPS) is 25.8. The molecule has 0 radical (unpaired) electrons. The van der Waals surface area contributed by atoms with Crippen molar-refractivity contribution in [3.63, 3.8) is 0 Å². The average molecular weight is 244 g/mol. The van der Waals surface area contributed by atoms with E-state index in [4.69, 9.17) is 9.47 Å². The molecule has 0 aromatic carbocycles. The van der Waals surface area contributed by atoms with Crippen LogP contribution in [0, 0.1) is 0 Å². The monoisotopic (exact) mass is 244 g/mol. The smallest absolute Gasteiger partial charge is 0.302 e. The van der Waals surface area contributed by atoms with Crippen LogP contribution in [0.4, 0.5) is 0 Å². The van der Waals surface area contributed by atoms with Gasteiger partial charge < -0.3 is 9.47 Å². The van der Waals surface area contributed by atoms with Gasteiger partial charge in [-0.2, -0.15) is 0 Å². The molecule has 1 heterocycles. The minimum Gasteiger partial charge on any atom is -0.460 e. The van der Waals surface area contributed by atoms with E-state index in [1.165, 1.54) is 25.1 Å². The van der Waals surface area contributed by atoms with Gasteiger partial charge in [0.2, 0.25) is 0 Å². The molecule has 1 aliphatic rings. The van der Waals surface area contributed by atoms with Crippen LogP contribution in [0.5, 0.6) is 0 Å². The highest BCUT2D eigenvalue weighted by Crippen LogP contribution is 2.33. The quantitative estimate of drug-likeness (QED) is 0.551. The third-order valence-corrected chi connectivity index (χ3v) is 10.0. The molecule has 0 bridgehead atoms. The number of carbonyl (C=O) groups is 1. The Hall–Kier alpha value is -0.353. The Morgan fingerprint density at radius 3 is 2.31 bits per heavy atom. The maximum atomic E-state index is 11.1. The van der Waals surface area contributed by atoms with Crippen LogP contribution in [-0.4, -0.2) is 32.5 Å². The summed E-state index contributed by atoms with van der Waals surface area (Å²) in [4.78, 5) is 11.1. The summed E-state index contributed by atoms with van der Waals surface area (Å²) in [6.45, 7) is 9.00. The Kier molecular flexibility index (Phi) is 4.99. The summed E-state index contributed by atoms with van der Waals surface area (Å²) in [7, 11) is -1.41. The second kappa shape index (κ2) is 5.82.